The van der Waals surface area contributed by atoms with Crippen molar-refractivity contribution < 1.29 is 4.74 Å². The predicted molar refractivity (Wildman–Crippen MR) is 119 cm³/mol. The second-order valence-corrected chi connectivity index (χ2v) is 9.03. The lowest BCUT2D eigenvalue weighted by Crippen LogP contribution is -2.40. The first-order chi connectivity index (χ1) is 14.3. The van der Waals surface area contributed by atoms with Crippen LogP contribution in [0.25, 0.3) is 11.0 Å². The fourth-order valence-electron chi connectivity index (χ4n) is 5.43. The van der Waals surface area contributed by atoms with Gasteiger partial charge in [-0.2, -0.15) is 0 Å². The molecule has 2 heterocycles. The van der Waals surface area contributed by atoms with Crippen LogP contribution in [0.1, 0.15) is 63.8 Å². The number of nitrogens with zero attached hydrogens (tertiary/aromatic N) is 3. The molecule has 0 bridgehead atoms. The summed E-state index contributed by atoms with van der Waals surface area (Å²) in [5.74, 6) is 0.880. The lowest BCUT2D eigenvalue weighted by molar-refractivity contribution is 0.151. The molecule has 1 saturated carbocycles. The number of aromatic nitrogens is 2. The van der Waals surface area contributed by atoms with Gasteiger partial charge in [-0.05, 0) is 43.7 Å². The molecule has 1 aliphatic carbocycles. The summed E-state index contributed by atoms with van der Waals surface area (Å²) in [5, 5.41) is 0. The van der Waals surface area contributed by atoms with Crippen molar-refractivity contribution in [2.45, 2.75) is 70.4 Å². The predicted octanol–water partition coefficient (Wildman–Crippen LogP) is 4.45. The van der Waals surface area contributed by atoms with E-state index in [0.717, 1.165) is 42.9 Å². The Morgan fingerprint density at radius 1 is 0.931 bits per heavy atom. The zero-order valence-corrected chi connectivity index (χ0v) is 18.0. The smallest absolute Gasteiger partial charge is 0.329 e. The van der Waals surface area contributed by atoms with E-state index in [4.69, 9.17) is 4.74 Å². The molecule has 0 atom stereocenters. The van der Waals surface area contributed by atoms with Crippen molar-refractivity contribution in [3.05, 3.63) is 34.7 Å². The zero-order chi connectivity index (χ0) is 20.1. The number of imidazole rings is 1. The molecule has 0 radical (unpaired) electrons. The van der Waals surface area contributed by atoms with Crippen LogP contribution in [0.15, 0.2) is 29.1 Å². The number of ether oxygens (including phenoxy) is 1. The van der Waals surface area contributed by atoms with E-state index in [1.165, 1.54) is 51.5 Å². The third-order valence-corrected chi connectivity index (χ3v) is 7.05. The molecule has 0 unspecified atom stereocenters. The molecule has 0 spiro atoms. The number of para-hydroxylation sites is 2. The van der Waals surface area contributed by atoms with E-state index in [1.54, 1.807) is 7.11 Å². The van der Waals surface area contributed by atoms with Gasteiger partial charge in [0.15, 0.2) is 0 Å². The van der Waals surface area contributed by atoms with Crippen molar-refractivity contribution >= 4 is 11.0 Å². The Hall–Kier alpha value is -1.59. The molecule has 1 aromatic carbocycles. The molecule has 160 valence electrons. The number of benzene rings is 1. The van der Waals surface area contributed by atoms with Gasteiger partial charge in [-0.25, -0.2) is 4.79 Å². The summed E-state index contributed by atoms with van der Waals surface area (Å²) >= 11 is 0. The van der Waals surface area contributed by atoms with Gasteiger partial charge in [0.2, 0.25) is 0 Å². The highest BCUT2D eigenvalue weighted by molar-refractivity contribution is 5.76. The first-order valence-electron chi connectivity index (χ1n) is 11.7. The lowest BCUT2D eigenvalue weighted by atomic mass is 9.90. The Morgan fingerprint density at radius 3 is 2.28 bits per heavy atom. The van der Waals surface area contributed by atoms with Crippen LogP contribution >= 0.6 is 0 Å². The van der Waals surface area contributed by atoms with Crippen molar-refractivity contribution in [3.8, 4) is 0 Å². The topological polar surface area (TPSA) is 39.4 Å². The molecule has 2 aromatic rings. The van der Waals surface area contributed by atoms with Gasteiger partial charge in [-0.3, -0.25) is 9.13 Å². The molecular weight excluding hydrogens is 362 g/mol. The van der Waals surface area contributed by atoms with Crippen molar-refractivity contribution in [1.82, 2.24) is 14.0 Å². The minimum absolute atomic E-state index is 0.127. The van der Waals surface area contributed by atoms with E-state index in [-0.39, 0.29) is 5.69 Å². The van der Waals surface area contributed by atoms with E-state index in [0.29, 0.717) is 19.2 Å². The van der Waals surface area contributed by atoms with Crippen LogP contribution in [0.2, 0.25) is 0 Å². The van der Waals surface area contributed by atoms with E-state index in [9.17, 15) is 4.79 Å². The Morgan fingerprint density at radius 2 is 1.59 bits per heavy atom. The maximum absolute atomic E-state index is 13.2. The monoisotopic (exact) mass is 399 g/mol. The van der Waals surface area contributed by atoms with Crippen LogP contribution in [0.5, 0.6) is 0 Å². The summed E-state index contributed by atoms with van der Waals surface area (Å²) in [5.41, 5.74) is 2.24. The molecule has 2 aliphatic rings. The largest absolute Gasteiger partial charge is 0.383 e. The number of likely N-dealkylation sites (tertiary alicyclic amines) is 1. The highest BCUT2D eigenvalue weighted by Gasteiger charge is 2.26. The maximum atomic E-state index is 13.2. The molecule has 2 fully saturated rings. The Labute approximate surface area is 174 Å². The molecular formula is C24H37N3O2. The third kappa shape index (κ3) is 4.77. The summed E-state index contributed by atoms with van der Waals surface area (Å²) in [6, 6.07) is 8.54. The van der Waals surface area contributed by atoms with Crippen LogP contribution < -0.4 is 5.69 Å². The van der Waals surface area contributed by atoms with Crippen molar-refractivity contribution in [2.24, 2.45) is 5.92 Å². The normalized spacial score (nSPS) is 20.7. The summed E-state index contributed by atoms with van der Waals surface area (Å²) in [6.45, 7) is 4.67. The number of hydrogen-bond donors (Lipinski definition) is 0. The highest BCUT2D eigenvalue weighted by Crippen LogP contribution is 2.28. The van der Waals surface area contributed by atoms with Crippen LogP contribution in [-0.2, 0) is 11.3 Å². The SMILES string of the molecule is COCCn1c(=O)n(C2CCN(CC3CCCCCCC3)CC2)c2ccccc21. The van der Waals surface area contributed by atoms with E-state index in [2.05, 4.69) is 21.6 Å². The van der Waals surface area contributed by atoms with Gasteiger partial charge in [0, 0.05) is 32.8 Å². The molecule has 29 heavy (non-hydrogen) atoms. The Kier molecular flexibility index (Phi) is 7.09. The van der Waals surface area contributed by atoms with Crippen LogP contribution in [-0.4, -0.2) is 47.4 Å². The fraction of sp³-hybridized carbons (Fsp3) is 0.708. The summed E-state index contributed by atoms with van der Waals surface area (Å²) in [4.78, 5) is 15.9. The fourth-order valence-corrected chi connectivity index (χ4v) is 5.43. The maximum Gasteiger partial charge on any atom is 0.329 e. The minimum atomic E-state index is 0.127. The quantitative estimate of drug-likeness (QED) is 0.721. The van der Waals surface area contributed by atoms with Gasteiger partial charge < -0.3 is 9.64 Å². The van der Waals surface area contributed by atoms with Crippen LogP contribution in [0, 0.1) is 5.92 Å². The first-order valence-corrected chi connectivity index (χ1v) is 11.7. The van der Waals surface area contributed by atoms with E-state index >= 15 is 0 Å². The average molecular weight is 400 g/mol. The third-order valence-electron chi connectivity index (χ3n) is 7.05. The summed E-state index contributed by atoms with van der Waals surface area (Å²) in [6.07, 6.45) is 12.1. The second-order valence-electron chi connectivity index (χ2n) is 9.03. The van der Waals surface area contributed by atoms with E-state index in [1.807, 2.05) is 16.7 Å². The number of fused-ring (bicyclic) bond motifs is 1. The van der Waals surface area contributed by atoms with E-state index < -0.39 is 0 Å². The molecule has 5 nitrogen and oxygen atoms in total. The lowest BCUT2D eigenvalue weighted by Gasteiger charge is -2.35. The van der Waals surface area contributed by atoms with Crippen LogP contribution in [0.3, 0.4) is 0 Å². The molecule has 1 aromatic heterocycles. The van der Waals surface area contributed by atoms with Crippen molar-refractivity contribution in [1.29, 1.82) is 0 Å². The van der Waals surface area contributed by atoms with Gasteiger partial charge >= 0.3 is 5.69 Å². The Bertz CT molecular complexity index is 824. The van der Waals surface area contributed by atoms with Crippen molar-refractivity contribution in [3.63, 3.8) is 0 Å². The summed E-state index contributed by atoms with van der Waals surface area (Å²) < 4.78 is 9.19. The molecule has 4 rings (SSSR count). The minimum Gasteiger partial charge on any atom is -0.383 e. The molecule has 0 N–H and O–H groups in total. The van der Waals surface area contributed by atoms with Gasteiger partial charge in [0.05, 0.1) is 24.2 Å². The first kappa shape index (κ1) is 20.7. The number of methoxy groups -OCH3 is 1. The number of hydrogen-bond acceptors (Lipinski definition) is 3. The molecule has 0 amide bonds. The zero-order valence-electron chi connectivity index (χ0n) is 18.0. The van der Waals surface area contributed by atoms with Crippen LogP contribution in [0.4, 0.5) is 0 Å². The standard InChI is InChI=1S/C24H37N3O2/c1-29-18-17-26-22-11-7-8-12-23(22)27(24(26)28)21-13-15-25(16-14-21)19-20-9-5-3-2-4-6-10-20/h7-8,11-12,20-21H,2-6,9-10,13-19H2,1H3. The molecule has 1 aliphatic heterocycles. The van der Waals surface area contributed by atoms with Gasteiger partial charge in [0.1, 0.15) is 0 Å². The van der Waals surface area contributed by atoms with Crippen molar-refractivity contribution in [2.75, 3.05) is 33.4 Å². The molecule has 1 saturated heterocycles. The van der Waals surface area contributed by atoms with Gasteiger partial charge in [0.25, 0.3) is 0 Å². The highest BCUT2D eigenvalue weighted by atomic mass is 16.5. The van der Waals surface area contributed by atoms with Gasteiger partial charge in [-0.1, -0.05) is 44.2 Å². The number of piperidine rings is 1. The number of rotatable bonds is 6. The summed E-state index contributed by atoms with van der Waals surface area (Å²) in [7, 11) is 1.69. The average Bonchev–Trinajstić information content (AvgIpc) is 3.00. The molecule has 5 heteroatoms. The van der Waals surface area contributed by atoms with Gasteiger partial charge in [-0.15, -0.1) is 0 Å². The Balaban J connectivity index is 1.44. The second kappa shape index (κ2) is 9.94.